The minimum atomic E-state index is -4.51. The van der Waals surface area contributed by atoms with Crippen molar-refractivity contribution in [3.05, 3.63) is 33.1 Å². The maximum atomic E-state index is 13.6. The van der Waals surface area contributed by atoms with E-state index in [2.05, 4.69) is 15.7 Å². The fraction of sp³-hybridized carbons (Fsp3) is 0.500. The first-order valence-corrected chi connectivity index (χ1v) is 9.20. The van der Waals surface area contributed by atoms with Crippen LogP contribution in [0.4, 0.5) is 19.0 Å². The number of alkyl halides is 3. The van der Waals surface area contributed by atoms with E-state index in [0.29, 0.717) is 0 Å². The van der Waals surface area contributed by atoms with E-state index in [1.165, 1.54) is 11.3 Å². The predicted octanol–water partition coefficient (Wildman–Crippen LogP) is 4.79. The number of hydrogen-bond donors (Lipinski definition) is 2. The maximum Gasteiger partial charge on any atom is 0.410 e. The second kappa shape index (κ2) is 6.45. The summed E-state index contributed by atoms with van der Waals surface area (Å²) in [6.45, 7) is 5.29. The van der Waals surface area contributed by atoms with Gasteiger partial charge in [0.15, 0.2) is 11.7 Å². The lowest BCUT2D eigenvalue weighted by Crippen LogP contribution is -2.41. The number of nitrogens with one attached hydrogen (secondary N) is 2. The number of hydrogen-bond acceptors (Lipinski definition) is 4. The highest BCUT2D eigenvalue weighted by Crippen LogP contribution is 2.46. The summed E-state index contributed by atoms with van der Waals surface area (Å²) >= 11 is 7.60. The number of halogens is 4. The van der Waals surface area contributed by atoms with Crippen molar-refractivity contribution in [2.75, 3.05) is 5.32 Å². The summed E-state index contributed by atoms with van der Waals surface area (Å²) in [6, 6.07) is 1.13. The highest BCUT2D eigenvalue weighted by Gasteiger charge is 2.48. The number of aromatic nitrogens is 2. The van der Waals surface area contributed by atoms with Crippen LogP contribution in [0.3, 0.4) is 0 Å². The second-order valence-electron chi connectivity index (χ2n) is 7.17. The van der Waals surface area contributed by atoms with E-state index in [9.17, 15) is 18.0 Å². The molecule has 2 atom stereocenters. The van der Waals surface area contributed by atoms with Gasteiger partial charge >= 0.3 is 6.18 Å². The van der Waals surface area contributed by atoms with Gasteiger partial charge in [-0.25, -0.2) is 4.68 Å². The summed E-state index contributed by atoms with van der Waals surface area (Å²) in [6.07, 6.45) is -4.74. The van der Waals surface area contributed by atoms with Gasteiger partial charge in [-0.3, -0.25) is 4.79 Å². The van der Waals surface area contributed by atoms with Gasteiger partial charge in [0.25, 0.3) is 5.91 Å². The zero-order valence-electron chi connectivity index (χ0n) is 14.3. The van der Waals surface area contributed by atoms with Crippen molar-refractivity contribution in [2.24, 2.45) is 0 Å². The number of carbonyl (C=O) groups is 1. The van der Waals surface area contributed by atoms with Crippen LogP contribution in [-0.2, 0) is 0 Å². The van der Waals surface area contributed by atoms with Crippen molar-refractivity contribution < 1.29 is 18.0 Å². The average molecular weight is 407 g/mol. The van der Waals surface area contributed by atoms with Crippen molar-refractivity contribution in [1.29, 1.82) is 0 Å². The third-order valence-corrected chi connectivity index (χ3v) is 5.23. The molecule has 0 bridgehead atoms. The average Bonchev–Trinajstić information content (AvgIpc) is 3.12. The molecule has 1 aliphatic heterocycles. The fourth-order valence-electron chi connectivity index (χ4n) is 2.81. The molecule has 1 amide bonds. The normalized spacial score (nSPS) is 20.4. The maximum absolute atomic E-state index is 13.6. The lowest BCUT2D eigenvalue weighted by atomic mass is 10.0. The van der Waals surface area contributed by atoms with Gasteiger partial charge in [-0.1, -0.05) is 17.7 Å². The van der Waals surface area contributed by atoms with E-state index < -0.39 is 29.7 Å². The minimum absolute atomic E-state index is 0.0118. The van der Waals surface area contributed by atoms with E-state index in [1.54, 1.807) is 38.3 Å². The molecule has 2 unspecified atom stereocenters. The topological polar surface area (TPSA) is 59.0 Å². The lowest BCUT2D eigenvalue weighted by Gasteiger charge is -2.32. The molecule has 0 saturated carbocycles. The Morgan fingerprint density at radius 3 is 2.65 bits per heavy atom. The van der Waals surface area contributed by atoms with Crippen LogP contribution < -0.4 is 10.6 Å². The van der Waals surface area contributed by atoms with Crippen LogP contribution >= 0.6 is 22.9 Å². The first-order valence-electron chi connectivity index (χ1n) is 7.94. The molecule has 3 rings (SSSR count). The van der Waals surface area contributed by atoms with Crippen molar-refractivity contribution in [1.82, 2.24) is 15.1 Å². The summed E-state index contributed by atoms with van der Waals surface area (Å²) in [5.74, 6) is -0.600. The Labute approximate surface area is 157 Å². The van der Waals surface area contributed by atoms with Gasteiger partial charge in [0.2, 0.25) is 0 Å². The third kappa shape index (κ3) is 3.68. The van der Waals surface area contributed by atoms with Crippen LogP contribution in [0.2, 0.25) is 5.02 Å². The smallest absolute Gasteiger partial charge is 0.361 e. The molecule has 0 saturated heterocycles. The van der Waals surface area contributed by atoms with E-state index >= 15 is 0 Å². The molecule has 5 nitrogen and oxygen atoms in total. The van der Waals surface area contributed by atoms with Gasteiger partial charge in [-0.15, -0.1) is 11.3 Å². The summed E-state index contributed by atoms with van der Waals surface area (Å²) in [7, 11) is 0. The van der Waals surface area contributed by atoms with Crippen molar-refractivity contribution >= 4 is 34.7 Å². The largest absolute Gasteiger partial charge is 0.410 e. The number of carbonyl (C=O) groups excluding carboxylic acids is 1. The Kier molecular flexibility index (Phi) is 4.72. The summed E-state index contributed by atoms with van der Waals surface area (Å²) in [4.78, 5) is 13.2. The fourth-order valence-corrected chi connectivity index (χ4v) is 3.87. The molecule has 3 heterocycles. The van der Waals surface area contributed by atoms with Crippen LogP contribution in [0.5, 0.6) is 0 Å². The third-order valence-electron chi connectivity index (χ3n) is 3.89. The van der Waals surface area contributed by atoms with E-state index in [1.807, 2.05) is 0 Å². The van der Waals surface area contributed by atoms with Gasteiger partial charge in [0.05, 0.1) is 6.04 Å². The summed E-state index contributed by atoms with van der Waals surface area (Å²) in [5, 5.41) is 11.3. The van der Waals surface area contributed by atoms with E-state index in [-0.39, 0.29) is 23.0 Å². The molecule has 10 heteroatoms. The molecule has 2 N–H and O–H groups in total. The van der Waals surface area contributed by atoms with Gasteiger partial charge in [-0.2, -0.15) is 18.3 Å². The van der Waals surface area contributed by atoms with Crippen LogP contribution in [-0.4, -0.2) is 27.4 Å². The van der Waals surface area contributed by atoms with Crippen LogP contribution in [0, 0.1) is 0 Å². The van der Waals surface area contributed by atoms with Crippen molar-refractivity contribution in [2.45, 2.75) is 51.0 Å². The van der Waals surface area contributed by atoms with Gasteiger partial charge in [0.1, 0.15) is 10.8 Å². The Balaban J connectivity index is 2.03. The molecule has 2 aromatic rings. The van der Waals surface area contributed by atoms with Gasteiger partial charge < -0.3 is 10.6 Å². The highest BCUT2D eigenvalue weighted by molar-refractivity contribution is 7.10. The molecule has 142 valence electrons. The Morgan fingerprint density at radius 2 is 2.12 bits per heavy atom. The quantitative estimate of drug-likeness (QED) is 0.754. The summed E-state index contributed by atoms with van der Waals surface area (Å²) in [5.41, 5.74) is -0.786. The molecular formula is C16H18ClF3N4OS. The first kappa shape index (κ1) is 19.0. The number of amides is 1. The molecule has 0 radical (unpaired) electrons. The number of fused-ring (bicyclic) bond motifs is 1. The molecule has 0 spiro atoms. The minimum Gasteiger partial charge on any atom is -0.361 e. The predicted molar refractivity (Wildman–Crippen MR) is 94.8 cm³/mol. The zero-order chi connectivity index (χ0) is 19.3. The lowest BCUT2D eigenvalue weighted by molar-refractivity contribution is -0.173. The molecule has 0 aromatic carbocycles. The second-order valence-corrected chi connectivity index (χ2v) is 8.52. The van der Waals surface area contributed by atoms with Crippen LogP contribution in [0.1, 0.15) is 54.6 Å². The molecule has 1 aliphatic rings. The zero-order valence-corrected chi connectivity index (χ0v) is 15.9. The SMILES string of the molecule is CC(C)(C)NC(=O)c1nn2c(c1Cl)NC(c1cccs1)CC2C(F)(F)F. The Hall–Kier alpha value is -1.74. The number of thiophene rings is 1. The van der Waals surface area contributed by atoms with Crippen molar-refractivity contribution in [3.63, 3.8) is 0 Å². The van der Waals surface area contributed by atoms with E-state index in [0.717, 1.165) is 9.56 Å². The number of rotatable bonds is 2. The standard InChI is InChI=1S/C16H18ClF3N4OS/c1-15(2,3)22-14(25)12-11(17)13-21-8(9-5-4-6-26-9)7-10(16(18,19)20)24(13)23-12/h4-6,8,10,21H,7H2,1-3H3,(H,22,25). The van der Waals surface area contributed by atoms with Gasteiger partial charge in [0, 0.05) is 16.8 Å². The molecular weight excluding hydrogens is 389 g/mol. The first-order chi connectivity index (χ1) is 12.0. The number of nitrogens with zero attached hydrogens (tertiary/aromatic N) is 2. The highest BCUT2D eigenvalue weighted by atomic mass is 35.5. The molecule has 26 heavy (non-hydrogen) atoms. The monoisotopic (exact) mass is 406 g/mol. The Morgan fingerprint density at radius 1 is 1.42 bits per heavy atom. The van der Waals surface area contributed by atoms with Crippen LogP contribution in [0.25, 0.3) is 0 Å². The van der Waals surface area contributed by atoms with Crippen LogP contribution in [0.15, 0.2) is 17.5 Å². The number of anilines is 1. The Bertz CT molecular complexity index is 811. The molecule has 0 aliphatic carbocycles. The van der Waals surface area contributed by atoms with E-state index in [4.69, 9.17) is 11.6 Å². The van der Waals surface area contributed by atoms with Gasteiger partial charge in [-0.05, 0) is 32.2 Å². The molecule has 2 aromatic heterocycles. The van der Waals surface area contributed by atoms with Crippen molar-refractivity contribution in [3.8, 4) is 0 Å². The summed E-state index contributed by atoms with van der Waals surface area (Å²) < 4.78 is 41.6. The molecule has 0 fully saturated rings.